The summed E-state index contributed by atoms with van der Waals surface area (Å²) in [5, 5.41) is 3.03. The molecule has 122 valence electrons. The molecule has 2 rings (SSSR count). The first-order chi connectivity index (χ1) is 10.6. The molecule has 1 aliphatic rings. The summed E-state index contributed by atoms with van der Waals surface area (Å²) >= 11 is 0. The van der Waals surface area contributed by atoms with Crippen LogP contribution in [0.1, 0.15) is 13.8 Å². The van der Waals surface area contributed by atoms with Crippen molar-refractivity contribution in [1.82, 2.24) is 15.2 Å². The summed E-state index contributed by atoms with van der Waals surface area (Å²) in [6, 6.07) is 6.15. The van der Waals surface area contributed by atoms with E-state index >= 15 is 0 Å². The van der Waals surface area contributed by atoms with Crippen molar-refractivity contribution in [2.45, 2.75) is 19.9 Å². The van der Waals surface area contributed by atoms with Gasteiger partial charge in [-0.15, -0.1) is 0 Å². The molecular formula is C16H27N5O. The molecule has 0 radical (unpaired) electrons. The number of nitrogens with two attached hydrogens (primary N) is 1. The topological polar surface area (TPSA) is 74.5 Å². The summed E-state index contributed by atoms with van der Waals surface area (Å²) in [6.07, 6.45) is 1.83. The van der Waals surface area contributed by atoms with Gasteiger partial charge in [-0.1, -0.05) is 13.0 Å². The van der Waals surface area contributed by atoms with Crippen LogP contribution >= 0.6 is 0 Å². The Kier molecular flexibility index (Phi) is 6.15. The van der Waals surface area contributed by atoms with Crippen molar-refractivity contribution in [3.63, 3.8) is 0 Å². The second-order valence-electron chi connectivity index (χ2n) is 6.02. The second kappa shape index (κ2) is 8.10. The van der Waals surface area contributed by atoms with Crippen LogP contribution in [0.25, 0.3) is 0 Å². The van der Waals surface area contributed by atoms with Crippen molar-refractivity contribution in [2.75, 3.05) is 44.2 Å². The molecule has 0 bridgehead atoms. The van der Waals surface area contributed by atoms with E-state index in [2.05, 4.69) is 20.1 Å². The van der Waals surface area contributed by atoms with E-state index in [0.29, 0.717) is 6.54 Å². The number of nitrogens with one attached hydrogen (secondary N) is 1. The van der Waals surface area contributed by atoms with Crippen molar-refractivity contribution >= 4 is 11.7 Å². The maximum Gasteiger partial charge on any atom is 0.224 e. The fourth-order valence-corrected chi connectivity index (χ4v) is 2.63. The van der Waals surface area contributed by atoms with Gasteiger partial charge in [-0.25, -0.2) is 4.98 Å². The lowest BCUT2D eigenvalue weighted by Gasteiger charge is -2.36. The monoisotopic (exact) mass is 305 g/mol. The number of carbonyl (C=O) groups is 1. The predicted octanol–water partition coefficient (Wildman–Crippen LogP) is 0.303. The molecule has 2 atom stereocenters. The number of carbonyl (C=O) groups excluding carboxylic acids is 1. The van der Waals surface area contributed by atoms with Gasteiger partial charge >= 0.3 is 0 Å². The first-order valence-corrected chi connectivity index (χ1v) is 7.99. The molecule has 1 fully saturated rings. The Hall–Kier alpha value is -1.66. The average molecular weight is 305 g/mol. The highest BCUT2D eigenvalue weighted by atomic mass is 16.1. The van der Waals surface area contributed by atoms with Gasteiger partial charge in [0.15, 0.2) is 0 Å². The van der Waals surface area contributed by atoms with Crippen LogP contribution in [0.4, 0.5) is 5.82 Å². The molecule has 1 aromatic heterocycles. The van der Waals surface area contributed by atoms with Gasteiger partial charge in [0, 0.05) is 57.4 Å². The molecule has 1 saturated heterocycles. The maximum absolute atomic E-state index is 11.8. The number of nitrogens with zero attached hydrogens (tertiary/aromatic N) is 3. The van der Waals surface area contributed by atoms with Crippen molar-refractivity contribution in [2.24, 2.45) is 11.7 Å². The number of aromatic nitrogens is 1. The standard InChI is InChI=1S/C16H27N5O/c1-13(11-17)16(22)19-14(2)12-20-7-9-21(10-8-20)15-5-3-4-6-18-15/h3-6,13-14H,7-12,17H2,1-2H3,(H,19,22). The molecule has 0 aromatic carbocycles. The number of hydrogen-bond donors (Lipinski definition) is 2. The van der Waals surface area contributed by atoms with Crippen molar-refractivity contribution in [1.29, 1.82) is 0 Å². The van der Waals surface area contributed by atoms with Crippen LogP contribution in [-0.4, -0.2) is 61.1 Å². The van der Waals surface area contributed by atoms with Gasteiger partial charge < -0.3 is 16.0 Å². The Labute approximate surface area is 132 Å². The maximum atomic E-state index is 11.8. The lowest BCUT2D eigenvalue weighted by Crippen LogP contribution is -2.51. The van der Waals surface area contributed by atoms with Gasteiger partial charge in [0.05, 0.1) is 0 Å². The highest BCUT2D eigenvalue weighted by Gasteiger charge is 2.20. The summed E-state index contributed by atoms with van der Waals surface area (Å²) in [4.78, 5) is 20.9. The van der Waals surface area contributed by atoms with Gasteiger partial charge in [-0.05, 0) is 19.1 Å². The third-order valence-corrected chi connectivity index (χ3v) is 4.07. The van der Waals surface area contributed by atoms with Crippen LogP contribution in [-0.2, 0) is 4.79 Å². The molecule has 0 aliphatic carbocycles. The number of pyridine rings is 1. The van der Waals surface area contributed by atoms with E-state index < -0.39 is 0 Å². The number of rotatable bonds is 6. The van der Waals surface area contributed by atoms with Gasteiger partial charge in [0.2, 0.25) is 5.91 Å². The van der Waals surface area contributed by atoms with Gasteiger partial charge in [0.1, 0.15) is 5.82 Å². The van der Waals surface area contributed by atoms with Crippen molar-refractivity contribution < 1.29 is 4.79 Å². The fourth-order valence-electron chi connectivity index (χ4n) is 2.63. The van der Waals surface area contributed by atoms with E-state index in [1.807, 2.05) is 38.2 Å². The third kappa shape index (κ3) is 4.68. The minimum absolute atomic E-state index is 0.0436. The average Bonchev–Trinajstić information content (AvgIpc) is 2.55. The Bertz CT molecular complexity index is 459. The van der Waals surface area contributed by atoms with Crippen LogP contribution < -0.4 is 16.0 Å². The number of amides is 1. The quantitative estimate of drug-likeness (QED) is 0.791. The minimum Gasteiger partial charge on any atom is -0.354 e. The molecular weight excluding hydrogens is 278 g/mol. The van der Waals surface area contributed by atoms with E-state index in [9.17, 15) is 4.79 Å². The van der Waals surface area contributed by atoms with E-state index in [1.54, 1.807) is 0 Å². The molecule has 2 heterocycles. The van der Waals surface area contributed by atoms with Crippen molar-refractivity contribution in [3.8, 4) is 0 Å². The largest absolute Gasteiger partial charge is 0.354 e. The van der Waals surface area contributed by atoms with Gasteiger partial charge in [0.25, 0.3) is 0 Å². The molecule has 3 N–H and O–H groups in total. The first-order valence-electron chi connectivity index (χ1n) is 7.99. The van der Waals surface area contributed by atoms with Gasteiger partial charge in [-0.2, -0.15) is 0 Å². The van der Waals surface area contributed by atoms with E-state index in [1.165, 1.54) is 0 Å². The smallest absolute Gasteiger partial charge is 0.224 e. The van der Waals surface area contributed by atoms with E-state index in [4.69, 9.17) is 5.73 Å². The zero-order valence-corrected chi connectivity index (χ0v) is 13.5. The van der Waals surface area contributed by atoms with E-state index in [-0.39, 0.29) is 17.9 Å². The Morgan fingerprint density at radius 2 is 2.05 bits per heavy atom. The van der Waals surface area contributed by atoms with Crippen LogP contribution in [0.3, 0.4) is 0 Å². The van der Waals surface area contributed by atoms with E-state index in [0.717, 1.165) is 38.5 Å². The van der Waals surface area contributed by atoms with Crippen LogP contribution in [0, 0.1) is 5.92 Å². The molecule has 0 spiro atoms. The summed E-state index contributed by atoms with van der Waals surface area (Å²) < 4.78 is 0. The molecule has 1 aromatic rings. The number of hydrogen-bond acceptors (Lipinski definition) is 5. The summed E-state index contributed by atoms with van der Waals surface area (Å²) in [5.74, 6) is 0.964. The summed E-state index contributed by atoms with van der Waals surface area (Å²) in [7, 11) is 0. The molecule has 1 amide bonds. The zero-order chi connectivity index (χ0) is 15.9. The minimum atomic E-state index is -0.122. The lowest BCUT2D eigenvalue weighted by atomic mass is 10.1. The molecule has 6 heteroatoms. The molecule has 6 nitrogen and oxygen atoms in total. The molecule has 1 aliphatic heterocycles. The lowest BCUT2D eigenvalue weighted by molar-refractivity contribution is -0.124. The fraction of sp³-hybridized carbons (Fsp3) is 0.625. The summed E-state index contributed by atoms with van der Waals surface area (Å²) in [6.45, 7) is 9.08. The first kappa shape index (κ1) is 16.7. The Morgan fingerprint density at radius 3 is 2.64 bits per heavy atom. The van der Waals surface area contributed by atoms with Crippen LogP contribution in [0.2, 0.25) is 0 Å². The van der Waals surface area contributed by atoms with Crippen LogP contribution in [0.15, 0.2) is 24.4 Å². The summed E-state index contributed by atoms with van der Waals surface area (Å²) in [5.41, 5.74) is 5.52. The predicted molar refractivity (Wildman–Crippen MR) is 88.7 cm³/mol. The SMILES string of the molecule is CC(CN1CCN(c2ccccn2)CC1)NC(=O)C(C)CN. The number of piperazine rings is 1. The molecule has 2 unspecified atom stereocenters. The molecule has 0 saturated carbocycles. The molecule has 22 heavy (non-hydrogen) atoms. The van der Waals surface area contributed by atoms with Crippen LogP contribution in [0.5, 0.6) is 0 Å². The third-order valence-electron chi connectivity index (χ3n) is 4.07. The van der Waals surface area contributed by atoms with Gasteiger partial charge in [-0.3, -0.25) is 9.69 Å². The zero-order valence-electron chi connectivity index (χ0n) is 13.5. The highest BCUT2D eigenvalue weighted by molar-refractivity contribution is 5.78. The van der Waals surface area contributed by atoms with Crippen molar-refractivity contribution in [3.05, 3.63) is 24.4 Å². The number of anilines is 1. The Morgan fingerprint density at radius 1 is 1.32 bits per heavy atom. The Balaban J connectivity index is 1.74. The highest BCUT2D eigenvalue weighted by Crippen LogP contribution is 2.12. The second-order valence-corrected chi connectivity index (χ2v) is 6.02. The normalized spacial score (nSPS) is 18.8.